The maximum atomic E-state index is 6.11. The lowest BCUT2D eigenvalue weighted by Crippen LogP contribution is -1.74. The van der Waals surface area contributed by atoms with Gasteiger partial charge in [-0.2, -0.15) is 0 Å². The molecule has 0 saturated heterocycles. The summed E-state index contributed by atoms with van der Waals surface area (Å²) in [4.78, 5) is 0. The highest BCUT2D eigenvalue weighted by Gasteiger charge is 2.17. The van der Waals surface area contributed by atoms with Gasteiger partial charge < -0.3 is 4.42 Å². The van der Waals surface area contributed by atoms with Crippen LogP contribution in [0.15, 0.2) is 22.6 Å². The van der Waals surface area contributed by atoms with Crippen LogP contribution in [-0.4, -0.2) is 0 Å². The van der Waals surface area contributed by atoms with Gasteiger partial charge in [-0.25, -0.2) is 0 Å². The Hall–Kier alpha value is -0.310. The number of halogens is 5. The highest BCUT2D eigenvalue weighted by atomic mass is 35.5. The maximum absolute atomic E-state index is 6.11. The van der Waals surface area contributed by atoms with Crippen molar-refractivity contribution in [2.24, 2.45) is 0 Å². The third kappa shape index (κ3) is 1.77. The molecule has 0 aliphatic rings. The van der Waals surface area contributed by atoms with Gasteiger partial charge in [-0.05, 0) is 18.2 Å². The molecule has 3 aromatic rings. The zero-order valence-electron chi connectivity index (χ0n) is 8.53. The molecule has 0 fully saturated rings. The standard InChI is InChI=1S/C12H3Cl5O/c13-4-1-5-6-3-7(14)9(16)10(17)12(6)18-11(5)8(15)2-4/h1-3H. The molecular formula is C12H3Cl5O. The van der Waals surface area contributed by atoms with E-state index in [0.29, 0.717) is 26.2 Å². The second-order valence-corrected chi connectivity index (χ2v) is 5.74. The minimum Gasteiger partial charge on any atom is -0.453 e. The number of hydrogen-bond acceptors (Lipinski definition) is 1. The monoisotopic (exact) mass is 338 g/mol. The summed E-state index contributed by atoms with van der Waals surface area (Å²) in [6, 6.07) is 5.03. The molecule has 0 atom stereocenters. The van der Waals surface area contributed by atoms with Crippen LogP contribution in [0.4, 0.5) is 0 Å². The van der Waals surface area contributed by atoms with Crippen molar-refractivity contribution in [2.45, 2.75) is 0 Å². The number of hydrogen-bond donors (Lipinski definition) is 0. The fourth-order valence-electron chi connectivity index (χ4n) is 1.84. The lowest BCUT2D eigenvalue weighted by atomic mass is 10.1. The first kappa shape index (κ1) is 12.7. The van der Waals surface area contributed by atoms with Crippen molar-refractivity contribution in [1.82, 2.24) is 0 Å². The predicted octanol–water partition coefficient (Wildman–Crippen LogP) is 6.85. The van der Waals surface area contributed by atoms with E-state index in [0.717, 1.165) is 10.8 Å². The van der Waals surface area contributed by atoms with Gasteiger partial charge in [0.25, 0.3) is 0 Å². The molecule has 0 aliphatic carbocycles. The molecule has 1 aromatic heterocycles. The molecule has 0 N–H and O–H groups in total. The van der Waals surface area contributed by atoms with Gasteiger partial charge in [0.1, 0.15) is 5.02 Å². The van der Waals surface area contributed by atoms with Crippen LogP contribution in [0.25, 0.3) is 21.9 Å². The molecule has 1 heterocycles. The van der Waals surface area contributed by atoms with Crippen molar-refractivity contribution < 1.29 is 4.42 Å². The van der Waals surface area contributed by atoms with Crippen molar-refractivity contribution in [3.8, 4) is 0 Å². The van der Waals surface area contributed by atoms with Gasteiger partial charge in [0.15, 0.2) is 11.2 Å². The Bertz CT molecular complexity index is 790. The third-order valence-electron chi connectivity index (χ3n) is 2.62. The highest BCUT2D eigenvalue weighted by molar-refractivity contribution is 6.51. The molecule has 18 heavy (non-hydrogen) atoms. The highest BCUT2D eigenvalue weighted by Crippen LogP contribution is 2.43. The molecule has 0 unspecified atom stereocenters. The molecule has 0 amide bonds. The van der Waals surface area contributed by atoms with E-state index in [1.807, 2.05) is 0 Å². The van der Waals surface area contributed by atoms with E-state index in [4.69, 9.17) is 62.4 Å². The minimum atomic E-state index is 0.257. The van der Waals surface area contributed by atoms with Crippen LogP contribution in [-0.2, 0) is 0 Å². The van der Waals surface area contributed by atoms with Crippen LogP contribution < -0.4 is 0 Å². The van der Waals surface area contributed by atoms with Gasteiger partial charge in [0.05, 0.1) is 15.1 Å². The van der Waals surface area contributed by atoms with Crippen LogP contribution in [0.2, 0.25) is 25.1 Å². The molecule has 0 radical (unpaired) electrons. The van der Waals surface area contributed by atoms with Gasteiger partial charge in [0.2, 0.25) is 0 Å². The molecule has 3 rings (SSSR count). The number of furan rings is 1. The average Bonchev–Trinajstić information content (AvgIpc) is 2.66. The van der Waals surface area contributed by atoms with E-state index in [1.54, 1.807) is 18.2 Å². The Morgan fingerprint density at radius 3 is 2.06 bits per heavy atom. The van der Waals surface area contributed by atoms with Crippen molar-refractivity contribution in [2.75, 3.05) is 0 Å². The van der Waals surface area contributed by atoms with E-state index in [2.05, 4.69) is 0 Å². The van der Waals surface area contributed by atoms with E-state index in [9.17, 15) is 0 Å². The van der Waals surface area contributed by atoms with Gasteiger partial charge in [-0.1, -0.05) is 58.0 Å². The molecule has 0 saturated carbocycles. The van der Waals surface area contributed by atoms with Crippen LogP contribution in [0, 0.1) is 0 Å². The lowest BCUT2D eigenvalue weighted by molar-refractivity contribution is 0.669. The Labute approximate surface area is 127 Å². The van der Waals surface area contributed by atoms with Gasteiger partial charge in [0, 0.05) is 15.8 Å². The third-order valence-corrected chi connectivity index (χ3v) is 4.36. The smallest absolute Gasteiger partial charge is 0.155 e. The normalized spacial score (nSPS) is 11.6. The summed E-state index contributed by atoms with van der Waals surface area (Å²) < 4.78 is 5.64. The first-order valence-corrected chi connectivity index (χ1v) is 6.73. The van der Waals surface area contributed by atoms with Crippen LogP contribution in [0.1, 0.15) is 0 Å². The molecule has 2 aromatic carbocycles. The summed E-state index contributed by atoms with van der Waals surface area (Å²) in [6.07, 6.45) is 0. The van der Waals surface area contributed by atoms with E-state index in [1.165, 1.54) is 0 Å². The Morgan fingerprint density at radius 2 is 1.33 bits per heavy atom. The second-order valence-electron chi connectivity index (χ2n) is 3.73. The van der Waals surface area contributed by atoms with E-state index < -0.39 is 0 Å². The van der Waals surface area contributed by atoms with E-state index >= 15 is 0 Å². The van der Waals surface area contributed by atoms with Gasteiger partial charge in [-0.3, -0.25) is 0 Å². The summed E-state index contributed by atoms with van der Waals surface area (Å²) in [5, 5.41) is 3.29. The summed E-state index contributed by atoms with van der Waals surface area (Å²) in [5.74, 6) is 0. The summed E-state index contributed by atoms with van der Waals surface area (Å²) in [6.45, 7) is 0. The first-order valence-electron chi connectivity index (χ1n) is 4.84. The summed E-state index contributed by atoms with van der Waals surface area (Å²) in [5.41, 5.74) is 0.960. The number of benzene rings is 2. The quantitative estimate of drug-likeness (QED) is 0.408. The zero-order valence-corrected chi connectivity index (χ0v) is 12.3. The molecule has 0 aliphatic heterocycles. The Kier molecular flexibility index (Phi) is 3.08. The maximum Gasteiger partial charge on any atom is 0.155 e. The van der Waals surface area contributed by atoms with E-state index in [-0.39, 0.29) is 10.0 Å². The van der Waals surface area contributed by atoms with Crippen LogP contribution in [0.3, 0.4) is 0 Å². The molecule has 92 valence electrons. The first-order chi connectivity index (χ1) is 8.49. The summed E-state index contributed by atoms with van der Waals surface area (Å²) in [7, 11) is 0. The topological polar surface area (TPSA) is 13.1 Å². The number of fused-ring (bicyclic) bond motifs is 3. The fourth-order valence-corrected chi connectivity index (χ4v) is 3.01. The Balaban J connectivity index is 2.60. The van der Waals surface area contributed by atoms with Crippen molar-refractivity contribution in [3.05, 3.63) is 43.3 Å². The van der Waals surface area contributed by atoms with Crippen LogP contribution >= 0.6 is 58.0 Å². The molecule has 1 nitrogen and oxygen atoms in total. The summed E-state index contributed by atoms with van der Waals surface area (Å²) >= 11 is 30.1. The fraction of sp³-hybridized carbons (Fsp3) is 0. The average molecular weight is 340 g/mol. The largest absolute Gasteiger partial charge is 0.453 e. The molecule has 0 spiro atoms. The molecular weight excluding hydrogens is 337 g/mol. The SMILES string of the molecule is Clc1cc(Cl)c2oc3c(Cl)c(Cl)c(Cl)cc3c2c1. The lowest BCUT2D eigenvalue weighted by Gasteiger charge is -1.99. The Morgan fingerprint density at radius 1 is 0.667 bits per heavy atom. The zero-order chi connectivity index (χ0) is 13.0. The number of rotatable bonds is 0. The van der Waals surface area contributed by atoms with Gasteiger partial charge in [-0.15, -0.1) is 0 Å². The minimum absolute atomic E-state index is 0.257. The molecule has 0 bridgehead atoms. The predicted molar refractivity (Wildman–Crippen MR) is 78.8 cm³/mol. The van der Waals surface area contributed by atoms with Gasteiger partial charge >= 0.3 is 0 Å². The van der Waals surface area contributed by atoms with Crippen molar-refractivity contribution >= 4 is 79.9 Å². The molecule has 6 heteroatoms. The van der Waals surface area contributed by atoms with Crippen molar-refractivity contribution in [3.63, 3.8) is 0 Å². The van der Waals surface area contributed by atoms with Crippen LogP contribution in [0.5, 0.6) is 0 Å². The second kappa shape index (κ2) is 4.36. The van der Waals surface area contributed by atoms with Crippen molar-refractivity contribution in [1.29, 1.82) is 0 Å².